The van der Waals surface area contributed by atoms with Crippen molar-refractivity contribution in [3.05, 3.63) is 157 Å². The molecule has 7 aromatic carbocycles. The van der Waals surface area contributed by atoms with Crippen molar-refractivity contribution >= 4 is 49.6 Å². The van der Waals surface area contributed by atoms with Crippen LogP contribution in [0.1, 0.15) is 11.1 Å². The molecule has 0 atom stereocenters. The first-order valence-electron chi connectivity index (χ1n) is 15.3. The van der Waals surface area contributed by atoms with Gasteiger partial charge in [-0.15, -0.1) is 0 Å². The Hall–Kier alpha value is -5.60. The SMILES string of the molecule is Cc1ccccc1-c1cc2cccc3c2c(c1C)N(c1ccc(-n2c4ccccc4c4ccccc42)cc1)c1ccccc1-3. The van der Waals surface area contributed by atoms with E-state index in [2.05, 4.69) is 169 Å². The molecule has 0 aliphatic carbocycles. The van der Waals surface area contributed by atoms with E-state index in [0.29, 0.717) is 0 Å². The van der Waals surface area contributed by atoms with Crippen LogP contribution in [0.15, 0.2) is 146 Å². The van der Waals surface area contributed by atoms with Crippen molar-refractivity contribution in [3.8, 4) is 27.9 Å². The Morgan fingerprint density at radius 1 is 0.455 bits per heavy atom. The molecule has 8 aromatic rings. The number of nitrogens with zero attached hydrogens (tertiary/aromatic N) is 2. The van der Waals surface area contributed by atoms with Gasteiger partial charge in [0.15, 0.2) is 0 Å². The Labute approximate surface area is 257 Å². The first kappa shape index (κ1) is 24.9. The minimum atomic E-state index is 1.16. The molecule has 0 radical (unpaired) electrons. The molecule has 2 heterocycles. The lowest BCUT2D eigenvalue weighted by Crippen LogP contribution is -2.17. The third-order valence-corrected chi connectivity index (χ3v) is 9.43. The second-order valence-corrected chi connectivity index (χ2v) is 11.9. The highest BCUT2D eigenvalue weighted by atomic mass is 15.2. The van der Waals surface area contributed by atoms with Crippen LogP contribution in [0.4, 0.5) is 17.1 Å². The van der Waals surface area contributed by atoms with E-state index < -0.39 is 0 Å². The summed E-state index contributed by atoms with van der Waals surface area (Å²) in [6, 6.07) is 53.2. The predicted molar refractivity (Wildman–Crippen MR) is 187 cm³/mol. The maximum atomic E-state index is 2.48. The highest BCUT2D eigenvalue weighted by molar-refractivity contribution is 6.16. The maximum Gasteiger partial charge on any atom is 0.0581 e. The van der Waals surface area contributed by atoms with Crippen molar-refractivity contribution in [1.29, 1.82) is 0 Å². The van der Waals surface area contributed by atoms with Crippen LogP contribution >= 0.6 is 0 Å². The minimum Gasteiger partial charge on any atom is -0.309 e. The van der Waals surface area contributed by atoms with E-state index in [1.165, 1.54) is 77.3 Å². The summed E-state index contributed by atoms with van der Waals surface area (Å²) in [7, 11) is 0. The largest absolute Gasteiger partial charge is 0.309 e. The molecule has 208 valence electrons. The quantitative estimate of drug-likeness (QED) is 0.208. The molecule has 0 saturated carbocycles. The molecule has 44 heavy (non-hydrogen) atoms. The number of fused-ring (bicyclic) bond motifs is 5. The van der Waals surface area contributed by atoms with E-state index in [1.54, 1.807) is 0 Å². The Bertz CT molecular complexity index is 2360. The van der Waals surface area contributed by atoms with Crippen LogP contribution in [0.3, 0.4) is 0 Å². The molecule has 1 aliphatic heterocycles. The van der Waals surface area contributed by atoms with Gasteiger partial charge in [0, 0.05) is 33.1 Å². The summed E-state index contributed by atoms with van der Waals surface area (Å²) >= 11 is 0. The standard InChI is InChI=1S/C42H30N2/c1-27-12-3-4-14-32(27)37-26-29-13-11-18-36-35-17-7-10-21-40(35)44(42(28(37)2)41(29)36)31-24-22-30(23-25-31)43-38-19-8-5-15-33(38)34-16-6-9-20-39(34)43/h3-26H,1-2H3. The van der Waals surface area contributed by atoms with Crippen molar-refractivity contribution in [2.45, 2.75) is 13.8 Å². The molecule has 0 spiro atoms. The Morgan fingerprint density at radius 3 is 1.77 bits per heavy atom. The van der Waals surface area contributed by atoms with Crippen LogP contribution in [-0.4, -0.2) is 4.57 Å². The zero-order chi connectivity index (χ0) is 29.4. The number of aryl methyl sites for hydroxylation is 1. The molecule has 1 aromatic heterocycles. The predicted octanol–water partition coefficient (Wildman–Crippen LogP) is 11.7. The molecule has 0 unspecified atom stereocenters. The molecule has 0 fully saturated rings. The summed E-state index contributed by atoms with van der Waals surface area (Å²) in [5.41, 5.74) is 15.0. The average molecular weight is 563 g/mol. The van der Waals surface area contributed by atoms with Gasteiger partial charge in [-0.05, 0) is 95.6 Å². The number of anilines is 3. The van der Waals surface area contributed by atoms with Gasteiger partial charge >= 0.3 is 0 Å². The summed E-state index contributed by atoms with van der Waals surface area (Å²) in [6.07, 6.45) is 0. The Kier molecular flexibility index (Phi) is 5.36. The number of rotatable bonds is 3. The van der Waals surface area contributed by atoms with E-state index in [-0.39, 0.29) is 0 Å². The van der Waals surface area contributed by atoms with Crippen LogP contribution in [0.5, 0.6) is 0 Å². The molecule has 0 N–H and O–H groups in total. The fourth-order valence-corrected chi connectivity index (χ4v) is 7.43. The normalized spacial score (nSPS) is 12.3. The van der Waals surface area contributed by atoms with Crippen molar-refractivity contribution in [2.24, 2.45) is 0 Å². The lowest BCUT2D eigenvalue weighted by Gasteiger charge is -2.35. The molecule has 0 bridgehead atoms. The fraction of sp³-hybridized carbons (Fsp3) is 0.0476. The van der Waals surface area contributed by atoms with Crippen molar-refractivity contribution in [1.82, 2.24) is 4.57 Å². The second-order valence-electron chi connectivity index (χ2n) is 11.9. The first-order chi connectivity index (χ1) is 21.7. The van der Waals surface area contributed by atoms with Gasteiger partial charge in [-0.25, -0.2) is 0 Å². The molecular weight excluding hydrogens is 532 g/mol. The summed E-state index contributed by atoms with van der Waals surface area (Å²) in [4.78, 5) is 2.48. The van der Waals surface area contributed by atoms with Gasteiger partial charge in [0.05, 0.1) is 22.4 Å². The highest BCUT2D eigenvalue weighted by Crippen LogP contribution is 2.54. The summed E-state index contributed by atoms with van der Waals surface area (Å²) in [5, 5.41) is 5.13. The molecule has 0 amide bonds. The van der Waals surface area contributed by atoms with Crippen molar-refractivity contribution in [3.63, 3.8) is 0 Å². The monoisotopic (exact) mass is 562 g/mol. The lowest BCUT2D eigenvalue weighted by atomic mass is 9.85. The first-order valence-corrected chi connectivity index (χ1v) is 15.3. The molecule has 1 aliphatic rings. The Balaban J connectivity index is 1.29. The summed E-state index contributed by atoms with van der Waals surface area (Å²) < 4.78 is 2.39. The van der Waals surface area contributed by atoms with Gasteiger partial charge in [-0.2, -0.15) is 0 Å². The summed E-state index contributed by atoms with van der Waals surface area (Å²) in [6.45, 7) is 4.50. The van der Waals surface area contributed by atoms with Crippen LogP contribution in [0, 0.1) is 13.8 Å². The van der Waals surface area contributed by atoms with Crippen LogP contribution in [0.2, 0.25) is 0 Å². The average Bonchev–Trinajstić information content (AvgIpc) is 3.41. The summed E-state index contributed by atoms with van der Waals surface area (Å²) in [5.74, 6) is 0. The van der Waals surface area contributed by atoms with E-state index in [1.807, 2.05) is 0 Å². The van der Waals surface area contributed by atoms with Gasteiger partial charge < -0.3 is 9.47 Å². The second kappa shape index (κ2) is 9.45. The van der Waals surface area contributed by atoms with Gasteiger partial charge in [0.1, 0.15) is 0 Å². The molecule has 2 nitrogen and oxygen atoms in total. The van der Waals surface area contributed by atoms with E-state index >= 15 is 0 Å². The molecular formula is C42H30N2. The lowest BCUT2D eigenvalue weighted by molar-refractivity contribution is 1.17. The Morgan fingerprint density at radius 2 is 1.05 bits per heavy atom. The zero-order valence-electron chi connectivity index (χ0n) is 24.8. The molecule has 2 heteroatoms. The fourth-order valence-electron chi connectivity index (χ4n) is 7.43. The highest BCUT2D eigenvalue weighted by Gasteiger charge is 2.29. The third kappa shape index (κ3) is 3.49. The smallest absolute Gasteiger partial charge is 0.0581 e. The number of benzene rings is 7. The van der Waals surface area contributed by atoms with Gasteiger partial charge in [0.2, 0.25) is 0 Å². The minimum absolute atomic E-state index is 1.16. The number of aromatic nitrogens is 1. The third-order valence-electron chi connectivity index (χ3n) is 9.43. The van der Waals surface area contributed by atoms with Crippen molar-refractivity contribution in [2.75, 3.05) is 4.90 Å². The van der Waals surface area contributed by atoms with Crippen LogP contribution < -0.4 is 4.90 Å². The van der Waals surface area contributed by atoms with Crippen LogP contribution in [0.25, 0.3) is 60.5 Å². The number of hydrogen-bond donors (Lipinski definition) is 0. The number of hydrogen-bond acceptors (Lipinski definition) is 1. The number of para-hydroxylation sites is 3. The van der Waals surface area contributed by atoms with E-state index in [9.17, 15) is 0 Å². The maximum absolute atomic E-state index is 2.48. The topological polar surface area (TPSA) is 8.17 Å². The van der Waals surface area contributed by atoms with Gasteiger partial charge in [0.25, 0.3) is 0 Å². The van der Waals surface area contributed by atoms with Gasteiger partial charge in [-0.1, -0.05) is 97.1 Å². The zero-order valence-corrected chi connectivity index (χ0v) is 24.8. The van der Waals surface area contributed by atoms with E-state index in [0.717, 1.165) is 11.4 Å². The van der Waals surface area contributed by atoms with Crippen molar-refractivity contribution < 1.29 is 0 Å². The van der Waals surface area contributed by atoms with Crippen LogP contribution in [-0.2, 0) is 0 Å². The van der Waals surface area contributed by atoms with Gasteiger partial charge in [-0.3, -0.25) is 0 Å². The molecule has 9 rings (SSSR count). The van der Waals surface area contributed by atoms with E-state index in [4.69, 9.17) is 0 Å². The molecule has 0 saturated heterocycles.